The standard InChI is InChI=1S/C18H24N6OS/c25-18(17(24-14-19-20-21-24)15-4-2-1-3-5-15)23-8-6-16(7-9-23)22-10-12-26-13-11-22/h1-5,14,16-17H,6-13H2/t17-/m1/s1. The first-order valence-electron chi connectivity index (χ1n) is 9.21. The number of hydrogen-bond acceptors (Lipinski definition) is 6. The van der Waals surface area contributed by atoms with E-state index < -0.39 is 6.04 Å². The fraction of sp³-hybridized carbons (Fsp3) is 0.556. The van der Waals surface area contributed by atoms with Gasteiger partial charge >= 0.3 is 0 Å². The molecule has 26 heavy (non-hydrogen) atoms. The number of likely N-dealkylation sites (tertiary alicyclic amines) is 1. The minimum atomic E-state index is -0.492. The number of thioether (sulfide) groups is 1. The maximum atomic E-state index is 13.3. The lowest BCUT2D eigenvalue weighted by molar-refractivity contribution is -0.135. The first kappa shape index (κ1) is 17.5. The third-order valence-electron chi connectivity index (χ3n) is 5.32. The van der Waals surface area contributed by atoms with Gasteiger partial charge in [0.05, 0.1) is 0 Å². The summed E-state index contributed by atoms with van der Waals surface area (Å²) >= 11 is 2.04. The van der Waals surface area contributed by atoms with E-state index in [4.69, 9.17) is 0 Å². The molecule has 2 aromatic rings. The topological polar surface area (TPSA) is 67.2 Å². The Kier molecular flexibility index (Phi) is 5.50. The number of amides is 1. The van der Waals surface area contributed by atoms with E-state index in [1.54, 1.807) is 4.68 Å². The zero-order valence-electron chi connectivity index (χ0n) is 14.8. The van der Waals surface area contributed by atoms with Crippen LogP contribution in [0.3, 0.4) is 0 Å². The number of aromatic nitrogens is 4. The number of benzene rings is 1. The lowest BCUT2D eigenvalue weighted by Crippen LogP contribution is -2.50. The highest BCUT2D eigenvalue weighted by molar-refractivity contribution is 7.99. The number of carbonyl (C=O) groups excluding carboxylic acids is 1. The molecule has 0 spiro atoms. The van der Waals surface area contributed by atoms with E-state index in [9.17, 15) is 4.79 Å². The van der Waals surface area contributed by atoms with E-state index in [1.807, 2.05) is 47.0 Å². The number of carbonyl (C=O) groups is 1. The predicted octanol–water partition coefficient (Wildman–Crippen LogP) is 1.30. The van der Waals surface area contributed by atoms with Crippen molar-refractivity contribution < 1.29 is 4.79 Å². The Morgan fingerprint density at radius 1 is 1.08 bits per heavy atom. The van der Waals surface area contributed by atoms with Crippen molar-refractivity contribution in [3.63, 3.8) is 0 Å². The smallest absolute Gasteiger partial charge is 0.252 e. The summed E-state index contributed by atoms with van der Waals surface area (Å²) in [6.07, 6.45) is 3.62. The highest BCUT2D eigenvalue weighted by Crippen LogP contribution is 2.25. The molecular formula is C18H24N6OS. The van der Waals surface area contributed by atoms with E-state index in [-0.39, 0.29) is 5.91 Å². The maximum Gasteiger partial charge on any atom is 0.252 e. The van der Waals surface area contributed by atoms with E-state index >= 15 is 0 Å². The number of tetrazole rings is 1. The summed E-state index contributed by atoms with van der Waals surface area (Å²) in [6, 6.07) is 9.89. The van der Waals surface area contributed by atoms with Crippen molar-refractivity contribution in [1.29, 1.82) is 0 Å². The largest absolute Gasteiger partial charge is 0.340 e. The van der Waals surface area contributed by atoms with Crippen LogP contribution in [0.2, 0.25) is 0 Å². The molecule has 0 saturated carbocycles. The van der Waals surface area contributed by atoms with Gasteiger partial charge in [-0.3, -0.25) is 9.69 Å². The molecule has 2 saturated heterocycles. The molecule has 1 atom stereocenters. The summed E-state index contributed by atoms with van der Waals surface area (Å²) in [5, 5.41) is 11.4. The molecule has 0 radical (unpaired) electrons. The maximum absolute atomic E-state index is 13.3. The van der Waals surface area contributed by atoms with Gasteiger partial charge in [0.15, 0.2) is 6.04 Å². The zero-order chi connectivity index (χ0) is 17.8. The van der Waals surface area contributed by atoms with Crippen molar-refractivity contribution >= 4 is 17.7 Å². The average molecular weight is 372 g/mol. The van der Waals surface area contributed by atoms with Crippen molar-refractivity contribution in [2.75, 3.05) is 37.7 Å². The predicted molar refractivity (Wildman–Crippen MR) is 101 cm³/mol. The minimum absolute atomic E-state index is 0.0798. The molecule has 2 aliphatic heterocycles. The summed E-state index contributed by atoms with van der Waals surface area (Å²) in [7, 11) is 0. The molecule has 7 nitrogen and oxygen atoms in total. The Morgan fingerprint density at radius 2 is 1.81 bits per heavy atom. The van der Waals surface area contributed by atoms with Crippen LogP contribution >= 0.6 is 11.8 Å². The van der Waals surface area contributed by atoms with Gasteiger partial charge in [0.1, 0.15) is 6.33 Å². The monoisotopic (exact) mass is 372 g/mol. The van der Waals surface area contributed by atoms with E-state index in [0.29, 0.717) is 6.04 Å². The average Bonchev–Trinajstić information content (AvgIpc) is 3.24. The number of hydrogen-bond donors (Lipinski definition) is 0. The molecule has 0 unspecified atom stereocenters. The molecule has 1 aromatic carbocycles. The molecule has 8 heteroatoms. The zero-order valence-corrected chi connectivity index (χ0v) is 15.6. The first-order chi connectivity index (χ1) is 12.8. The fourth-order valence-corrected chi connectivity index (χ4v) is 4.83. The van der Waals surface area contributed by atoms with Gasteiger partial charge < -0.3 is 4.90 Å². The molecule has 0 aliphatic carbocycles. The Morgan fingerprint density at radius 3 is 2.46 bits per heavy atom. The summed E-state index contributed by atoms with van der Waals surface area (Å²) < 4.78 is 1.56. The van der Waals surface area contributed by atoms with Crippen LogP contribution < -0.4 is 0 Å². The number of nitrogens with zero attached hydrogens (tertiary/aromatic N) is 6. The summed E-state index contributed by atoms with van der Waals surface area (Å²) in [6.45, 7) is 3.97. The van der Waals surface area contributed by atoms with Crippen LogP contribution in [-0.4, -0.2) is 79.6 Å². The normalized spacial score (nSPS) is 20.8. The molecule has 3 heterocycles. The Bertz CT molecular complexity index is 696. The molecule has 2 aliphatic rings. The Hall–Kier alpha value is -1.93. The Balaban J connectivity index is 1.45. The molecule has 2 fully saturated rings. The second-order valence-corrected chi connectivity index (χ2v) is 8.03. The van der Waals surface area contributed by atoms with Gasteiger partial charge in [-0.2, -0.15) is 11.8 Å². The lowest BCUT2D eigenvalue weighted by Gasteiger charge is -2.40. The van der Waals surface area contributed by atoms with Gasteiger partial charge in [0, 0.05) is 43.7 Å². The van der Waals surface area contributed by atoms with Crippen molar-refractivity contribution in [1.82, 2.24) is 30.0 Å². The van der Waals surface area contributed by atoms with Gasteiger partial charge in [-0.25, -0.2) is 4.68 Å². The van der Waals surface area contributed by atoms with Crippen molar-refractivity contribution in [3.8, 4) is 0 Å². The molecule has 1 aromatic heterocycles. The van der Waals surface area contributed by atoms with E-state index in [1.165, 1.54) is 30.9 Å². The van der Waals surface area contributed by atoms with Gasteiger partial charge in [-0.1, -0.05) is 30.3 Å². The van der Waals surface area contributed by atoms with Crippen LogP contribution in [0.5, 0.6) is 0 Å². The second-order valence-electron chi connectivity index (χ2n) is 6.81. The van der Waals surface area contributed by atoms with Crippen LogP contribution in [0.1, 0.15) is 24.4 Å². The quantitative estimate of drug-likeness (QED) is 0.806. The highest BCUT2D eigenvalue weighted by Gasteiger charge is 2.33. The highest BCUT2D eigenvalue weighted by atomic mass is 32.2. The molecule has 0 bridgehead atoms. The molecule has 0 N–H and O–H groups in total. The SMILES string of the molecule is O=C([C@@H](c1ccccc1)n1cnnn1)N1CCC(N2CCSCC2)CC1. The fourth-order valence-electron chi connectivity index (χ4n) is 3.90. The van der Waals surface area contributed by atoms with Gasteiger partial charge in [0.2, 0.25) is 0 Å². The molecule has 1 amide bonds. The summed E-state index contributed by atoms with van der Waals surface area (Å²) in [5.74, 6) is 2.54. The summed E-state index contributed by atoms with van der Waals surface area (Å²) in [5.41, 5.74) is 0.917. The van der Waals surface area contributed by atoms with Gasteiger partial charge in [-0.05, 0) is 28.8 Å². The van der Waals surface area contributed by atoms with Gasteiger partial charge in [0.25, 0.3) is 5.91 Å². The number of rotatable bonds is 4. The molecular weight excluding hydrogens is 348 g/mol. The van der Waals surface area contributed by atoms with Crippen LogP contribution in [0.15, 0.2) is 36.7 Å². The summed E-state index contributed by atoms with van der Waals surface area (Å²) in [4.78, 5) is 17.9. The van der Waals surface area contributed by atoms with Crippen LogP contribution in [0, 0.1) is 0 Å². The van der Waals surface area contributed by atoms with Crippen molar-refractivity contribution in [3.05, 3.63) is 42.2 Å². The molecule has 4 rings (SSSR count). The van der Waals surface area contributed by atoms with Crippen molar-refractivity contribution in [2.24, 2.45) is 0 Å². The Labute approximate surface area is 157 Å². The van der Waals surface area contributed by atoms with Crippen LogP contribution in [-0.2, 0) is 4.79 Å². The first-order valence-corrected chi connectivity index (χ1v) is 10.4. The van der Waals surface area contributed by atoms with Crippen LogP contribution in [0.25, 0.3) is 0 Å². The minimum Gasteiger partial charge on any atom is -0.340 e. The van der Waals surface area contributed by atoms with E-state index in [2.05, 4.69) is 20.4 Å². The second kappa shape index (κ2) is 8.18. The van der Waals surface area contributed by atoms with Crippen LogP contribution in [0.4, 0.5) is 0 Å². The number of piperidine rings is 1. The third-order valence-corrected chi connectivity index (χ3v) is 6.26. The van der Waals surface area contributed by atoms with E-state index in [0.717, 1.165) is 31.5 Å². The third kappa shape index (κ3) is 3.76. The molecule has 138 valence electrons. The van der Waals surface area contributed by atoms with Crippen molar-refractivity contribution in [2.45, 2.75) is 24.9 Å². The van der Waals surface area contributed by atoms with Gasteiger partial charge in [-0.15, -0.1) is 5.10 Å². The lowest BCUT2D eigenvalue weighted by atomic mass is 10.00.